The lowest BCUT2D eigenvalue weighted by Gasteiger charge is -2.38. The zero-order chi connectivity index (χ0) is 19.8. The zero-order valence-corrected chi connectivity index (χ0v) is 16.9. The molecule has 1 saturated heterocycles. The molecule has 2 aliphatic rings. The fourth-order valence-corrected chi connectivity index (χ4v) is 4.82. The third-order valence-corrected chi connectivity index (χ3v) is 6.47. The number of carbonyl (C=O) groups excluding carboxylic acids is 1. The van der Waals surface area contributed by atoms with Crippen molar-refractivity contribution in [1.82, 2.24) is 9.88 Å². The summed E-state index contributed by atoms with van der Waals surface area (Å²) in [6.45, 7) is 3.34. The normalized spacial score (nSPS) is 19.3. The van der Waals surface area contributed by atoms with Crippen molar-refractivity contribution in [3.8, 4) is 5.75 Å². The number of aromatic amines is 1. The van der Waals surface area contributed by atoms with E-state index >= 15 is 0 Å². The Morgan fingerprint density at radius 2 is 1.79 bits per heavy atom. The van der Waals surface area contributed by atoms with Crippen LogP contribution in [-0.4, -0.2) is 49.1 Å². The molecule has 3 aromatic rings. The molecule has 2 heterocycles. The van der Waals surface area contributed by atoms with Crippen LogP contribution in [0.3, 0.4) is 0 Å². The van der Waals surface area contributed by atoms with E-state index in [1.165, 1.54) is 27.8 Å². The van der Waals surface area contributed by atoms with Gasteiger partial charge in [0.15, 0.2) is 0 Å². The number of hydrogen-bond donors (Lipinski definition) is 1. The second-order valence-electron chi connectivity index (χ2n) is 8.08. The molecule has 2 aromatic carbocycles. The van der Waals surface area contributed by atoms with Crippen LogP contribution in [0.15, 0.2) is 48.5 Å². The average molecular weight is 389 g/mol. The first kappa shape index (κ1) is 18.1. The van der Waals surface area contributed by atoms with Crippen LogP contribution in [0, 0.1) is 5.92 Å². The maximum Gasteiger partial charge on any atom is 0.226 e. The Morgan fingerprint density at radius 3 is 2.55 bits per heavy atom. The lowest BCUT2D eigenvalue weighted by atomic mass is 9.85. The molecule has 1 aliphatic carbocycles. The van der Waals surface area contributed by atoms with Crippen LogP contribution in [0.25, 0.3) is 10.9 Å². The summed E-state index contributed by atoms with van der Waals surface area (Å²) < 4.78 is 5.24. The first-order valence-corrected chi connectivity index (χ1v) is 10.5. The molecule has 0 bridgehead atoms. The number of nitrogens with zero attached hydrogens (tertiary/aromatic N) is 2. The van der Waals surface area contributed by atoms with Gasteiger partial charge in [0.05, 0.1) is 7.11 Å². The Kier molecular flexibility index (Phi) is 4.66. The molecule has 5 heteroatoms. The molecule has 5 rings (SSSR count). The van der Waals surface area contributed by atoms with Crippen molar-refractivity contribution < 1.29 is 9.53 Å². The van der Waals surface area contributed by atoms with Gasteiger partial charge in [-0.25, -0.2) is 0 Å². The summed E-state index contributed by atoms with van der Waals surface area (Å²) in [7, 11) is 1.68. The maximum atomic E-state index is 13.2. The highest BCUT2D eigenvalue weighted by atomic mass is 16.5. The second-order valence-corrected chi connectivity index (χ2v) is 8.08. The van der Waals surface area contributed by atoms with Crippen LogP contribution in [0.4, 0.5) is 5.69 Å². The summed E-state index contributed by atoms with van der Waals surface area (Å²) in [6, 6.07) is 16.6. The standard InChI is InChI=1S/C24H27N3O2/c1-29-19-9-7-18(8-10-19)26-12-14-27(15-13-26)24(28)17-6-11-23-21(16-17)20-4-2-3-5-22(20)25-23/h2-5,7-10,17,25H,6,11-16H2,1H3. The van der Waals surface area contributed by atoms with Crippen molar-refractivity contribution in [1.29, 1.82) is 0 Å². The van der Waals surface area contributed by atoms with Crippen molar-refractivity contribution in [2.45, 2.75) is 19.3 Å². The molecule has 1 aliphatic heterocycles. The topological polar surface area (TPSA) is 48.6 Å². The number of methoxy groups -OCH3 is 1. The summed E-state index contributed by atoms with van der Waals surface area (Å²) in [5, 5.41) is 1.28. The van der Waals surface area contributed by atoms with Crippen LogP contribution in [0.5, 0.6) is 5.75 Å². The number of hydrogen-bond acceptors (Lipinski definition) is 3. The SMILES string of the molecule is COc1ccc(N2CCN(C(=O)C3CCc4[nH]c5ccccc5c4C3)CC2)cc1. The molecule has 1 unspecified atom stereocenters. The number of aryl methyl sites for hydroxylation is 1. The third kappa shape index (κ3) is 3.35. The number of ether oxygens (including phenoxy) is 1. The average Bonchev–Trinajstić information content (AvgIpc) is 3.17. The number of amides is 1. The van der Waals surface area contributed by atoms with Crippen LogP contribution < -0.4 is 9.64 Å². The van der Waals surface area contributed by atoms with Gasteiger partial charge in [-0.3, -0.25) is 4.79 Å². The number of rotatable bonds is 3. The van der Waals surface area contributed by atoms with Crippen LogP contribution >= 0.6 is 0 Å². The smallest absolute Gasteiger partial charge is 0.226 e. The first-order valence-electron chi connectivity index (χ1n) is 10.5. The van der Waals surface area contributed by atoms with Crippen molar-refractivity contribution in [3.63, 3.8) is 0 Å². The fourth-order valence-electron chi connectivity index (χ4n) is 4.82. The van der Waals surface area contributed by atoms with E-state index in [0.717, 1.165) is 51.2 Å². The number of para-hydroxylation sites is 1. The predicted molar refractivity (Wildman–Crippen MR) is 116 cm³/mol. The minimum atomic E-state index is 0.106. The van der Waals surface area contributed by atoms with Crippen molar-refractivity contribution in [2.24, 2.45) is 5.92 Å². The van der Waals surface area contributed by atoms with Crippen molar-refractivity contribution in [3.05, 3.63) is 59.8 Å². The van der Waals surface area contributed by atoms with Gasteiger partial charge in [-0.1, -0.05) is 18.2 Å². The van der Waals surface area contributed by atoms with Crippen molar-refractivity contribution >= 4 is 22.5 Å². The molecule has 0 spiro atoms. The number of anilines is 1. The molecule has 1 atom stereocenters. The Morgan fingerprint density at radius 1 is 1.03 bits per heavy atom. The molecular weight excluding hydrogens is 362 g/mol. The third-order valence-electron chi connectivity index (χ3n) is 6.47. The summed E-state index contributed by atoms with van der Waals surface area (Å²) in [5.74, 6) is 1.31. The minimum Gasteiger partial charge on any atom is -0.497 e. The number of fused-ring (bicyclic) bond motifs is 3. The zero-order valence-electron chi connectivity index (χ0n) is 16.9. The molecule has 0 saturated carbocycles. The van der Waals surface area contributed by atoms with Crippen LogP contribution in [-0.2, 0) is 17.6 Å². The van der Waals surface area contributed by atoms with E-state index < -0.39 is 0 Å². The number of carbonyl (C=O) groups is 1. The Bertz CT molecular complexity index is 1020. The summed E-state index contributed by atoms with van der Waals surface area (Å²) >= 11 is 0. The van der Waals surface area contributed by atoms with E-state index in [0.29, 0.717) is 5.91 Å². The Balaban J connectivity index is 1.24. The molecule has 150 valence electrons. The fraction of sp³-hybridized carbons (Fsp3) is 0.375. The van der Waals surface area contributed by atoms with E-state index in [4.69, 9.17) is 4.74 Å². The van der Waals surface area contributed by atoms with Gasteiger partial charge in [0, 0.05) is 54.4 Å². The van der Waals surface area contributed by atoms with Gasteiger partial charge in [0.2, 0.25) is 5.91 Å². The van der Waals surface area contributed by atoms with E-state index in [1.54, 1.807) is 7.11 Å². The number of benzene rings is 2. The lowest BCUT2D eigenvalue weighted by Crippen LogP contribution is -2.51. The molecule has 1 amide bonds. The molecule has 1 aromatic heterocycles. The van der Waals surface area contributed by atoms with E-state index in [2.05, 4.69) is 51.2 Å². The maximum absolute atomic E-state index is 13.2. The Labute approximate surface area is 171 Å². The minimum absolute atomic E-state index is 0.106. The van der Waals surface area contributed by atoms with E-state index in [9.17, 15) is 4.79 Å². The molecule has 1 fully saturated rings. The van der Waals surface area contributed by atoms with Gasteiger partial charge in [0.1, 0.15) is 5.75 Å². The molecule has 0 radical (unpaired) electrons. The summed E-state index contributed by atoms with van der Waals surface area (Å²) in [4.78, 5) is 21.2. The number of nitrogens with one attached hydrogen (secondary N) is 1. The van der Waals surface area contributed by atoms with E-state index in [-0.39, 0.29) is 5.92 Å². The largest absolute Gasteiger partial charge is 0.497 e. The highest BCUT2D eigenvalue weighted by molar-refractivity contribution is 5.87. The van der Waals surface area contributed by atoms with Gasteiger partial charge < -0.3 is 19.5 Å². The second kappa shape index (κ2) is 7.47. The van der Waals surface area contributed by atoms with Crippen LogP contribution in [0.2, 0.25) is 0 Å². The first-order chi connectivity index (χ1) is 14.2. The van der Waals surface area contributed by atoms with Gasteiger partial charge >= 0.3 is 0 Å². The highest BCUT2D eigenvalue weighted by Crippen LogP contribution is 2.33. The van der Waals surface area contributed by atoms with Gasteiger partial charge in [0.25, 0.3) is 0 Å². The monoisotopic (exact) mass is 389 g/mol. The summed E-state index contributed by atoms with van der Waals surface area (Å²) in [5.41, 5.74) is 5.05. The Hall–Kier alpha value is -2.95. The molecule has 29 heavy (non-hydrogen) atoms. The number of aromatic nitrogens is 1. The van der Waals surface area contributed by atoms with Gasteiger partial charge in [-0.05, 0) is 55.2 Å². The predicted octanol–water partition coefficient (Wildman–Crippen LogP) is 3.63. The van der Waals surface area contributed by atoms with Gasteiger partial charge in [-0.15, -0.1) is 0 Å². The molecular formula is C24H27N3O2. The number of H-pyrrole nitrogens is 1. The molecule has 1 N–H and O–H groups in total. The quantitative estimate of drug-likeness (QED) is 0.744. The summed E-state index contributed by atoms with van der Waals surface area (Å²) in [6.07, 6.45) is 2.76. The van der Waals surface area contributed by atoms with Crippen molar-refractivity contribution in [2.75, 3.05) is 38.2 Å². The molecule has 5 nitrogen and oxygen atoms in total. The van der Waals surface area contributed by atoms with Crippen LogP contribution in [0.1, 0.15) is 17.7 Å². The van der Waals surface area contributed by atoms with E-state index in [1.807, 2.05) is 12.1 Å². The number of piperazine rings is 1. The van der Waals surface area contributed by atoms with Gasteiger partial charge in [-0.2, -0.15) is 0 Å². The highest BCUT2D eigenvalue weighted by Gasteiger charge is 2.31. The lowest BCUT2D eigenvalue weighted by molar-refractivity contribution is -0.136.